The Morgan fingerprint density at radius 1 is 0.484 bits per heavy atom. The van der Waals surface area contributed by atoms with Crippen LogP contribution in [0.2, 0.25) is 0 Å². The third-order valence-corrected chi connectivity index (χ3v) is 6.31. The van der Waals surface area contributed by atoms with Gasteiger partial charge < -0.3 is 0 Å². The molecule has 0 fully saturated rings. The van der Waals surface area contributed by atoms with Crippen LogP contribution >= 0.6 is 0 Å². The number of aryl methyl sites for hydroxylation is 2. The van der Waals surface area contributed by atoms with E-state index in [4.69, 9.17) is 0 Å². The first-order valence-corrected chi connectivity index (χ1v) is 13.2. The summed E-state index contributed by atoms with van der Waals surface area (Å²) in [5.74, 6) is 0.846. The Labute approximate surface area is 192 Å². The predicted molar refractivity (Wildman–Crippen MR) is 135 cm³/mol. The molecule has 2 rings (SSSR count). The first kappa shape index (κ1) is 25.6. The lowest BCUT2D eigenvalue weighted by Gasteiger charge is -2.06. The molecule has 0 aliphatic rings. The molecule has 0 N–H and O–H groups in total. The van der Waals surface area contributed by atoms with Crippen molar-refractivity contribution in [1.29, 1.82) is 0 Å². The smallest absolute Gasteiger partial charge is 0.159 e. The molecule has 0 saturated heterocycles. The van der Waals surface area contributed by atoms with Gasteiger partial charge in [-0.2, -0.15) is 0 Å². The van der Waals surface area contributed by atoms with E-state index in [2.05, 4.69) is 48.1 Å². The van der Waals surface area contributed by atoms with Crippen molar-refractivity contribution in [2.45, 2.75) is 123 Å². The Balaban J connectivity index is 1.58. The van der Waals surface area contributed by atoms with Gasteiger partial charge in [0.2, 0.25) is 0 Å². The molecule has 2 heteroatoms. The largest absolute Gasteiger partial charge is 0.236 e. The number of hydrogen-bond acceptors (Lipinski definition) is 2. The van der Waals surface area contributed by atoms with E-state index < -0.39 is 0 Å². The van der Waals surface area contributed by atoms with Gasteiger partial charge in [-0.3, -0.25) is 0 Å². The topological polar surface area (TPSA) is 25.8 Å². The number of hydrogen-bond donors (Lipinski definition) is 0. The third kappa shape index (κ3) is 11.5. The van der Waals surface area contributed by atoms with Gasteiger partial charge in [0.05, 0.1) is 0 Å². The molecule has 0 aliphatic carbocycles. The zero-order valence-corrected chi connectivity index (χ0v) is 20.4. The van der Waals surface area contributed by atoms with E-state index in [1.807, 2.05) is 12.4 Å². The molecule has 1 aromatic carbocycles. The quantitative estimate of drug-likeness (QED) is 0.224. The summed E-state index contributed by atoms with van der Waals surface area (Å²) in [5, 5.41) is 0. The van der Waals surface area contributed by atoms with Crippen LogP contribution in [0.25, 0.3) is 11.4 Å². The van der Waals surface area contributed by atoms with Crippen LogP contribution < -0.4 is 0 Å². The summed E-state index contributed by atoms with van der Waals surface area (Å²) in [4.78, 5) is 9.20. The SMILES string of the molecule is CCCCCCCCCCCCCc1ccc(-c2ncc(CCCCCC)cn2)cc1. The highest BCUT2D eigenvalue weighted by Gasteiger charge is 2.03. The van der Waals surface area contributed by atoms with Crippen LogP contribution in [-0.2, 0) is 12.8 Å². The van der Waals surface area contributed by atoms with Gasteiger partial charge in [-0.25, -0.2) is 9.97 Å². The van der Waals surface area contributed by atoms with Crippen LogP contribution in [0.5, 0.6) is 0 Å². The molecule has 0 unspecified atom stereocenters. The third-order valence-electron chi connectivity index (χ3n) is 6.31. The molecule has 0 atom stereocenters. The van der Waals surface area contributed by atoms with E-state index in [-0.39, 0.29) is 0 Å². The van der Waals surface area contributed by atoms with Gasteiger partial charge in [0.1, 0.15) is 0 Å². The van der Waals surface area contributed by atoms with E-state index in [9.17, 15) is 0 Å². The lowest BCUT2D eigenvalue weighted by molar-refractivity contribution is 0.549. The lowest BCUT2D eigenvalue weighted by Crippen LogP contribution is -1.94. The Morgan fingerprint density at radius 2 is 0.903 bits per heavy atom. The summed E-state index contributed by atoms with van der Waals surface area (Å²) in [6, 6.07) is 8.88. The molecule has 0 radical (unpaired) electrons. The van der Waals surface area contributed by atoms with E-state index in [1.165, 1.54) is 114 Å². The second-order valence-electron chi connectivity index (χ2n) is 9.21. The maximum absolute atomic E-state index is 4.60. The molecule has 172 valence electrons. The van der Waals surface area contributed by atoms with Gasteiger partial charge in [-0.1, -0.05) is 122 Å². The average molecular weight is 423 g/mol. The van der Waals surface area contributed by atoms with Crippen LogP contribution in [0, 0.1) is 0 Å². The first-order valence-electron chi connectivity index (χ1n) is 13.2. The van der Waals surface area contributed by atoms with Crippen LogP contribution in [0.1, 0.15) is 121 Å². The molecule has 31 heavy (non-hydrogen) atoms. The number of unbranched alkanes of at least 4 members (excludes halogenated alkanes) is 13. The number of rotatable bonds is 18. The average Bonchev–Trinajstić information content (AvgIpc) is 2.81. The summed E-state index contributed by atoms with van der Waals surface area (Å²) >= 11 is 0. The van der Waals surface area contributed by atoms with Gasteiger partial charge in [-0.15, -0.1) is 0 Å². The van der Waals surface area contributed by atoms with Gasteiger partial charge in [-0.05, 0) is 36.8 Å². The number of benzene rings is 1. The van der Waals surface area contributed by atoms with Gasteiger partial charge in [0, 0.05) is 18.0 Å². The standard InChI is InChI=1S/C29H46N2/c1-3-5-7-9-10-11-12-13-14-15-17-18-26-20-22-28(23-21-26)29-30-24-27(25-31-29)19-16-8-6-4-2/h20-25H,3-19H2,1-2H3. The molecule has 2 nitrogen and oxygen atoms in total. The van der Waals surface area contributed by atoms with Crippen molar-refractivity contribution in [3.8, 4) is 11.4 Å². The van der Waals surface area contributed by atoms with Crippen molar-refractivity contribution in [2.24, 2.45) is 0 Å². The minimum absolute atomic E-state index is 0.846. The van der Waals surface area contributed by atoms with Crippen LogP contribution in [0.3, 0.4) is 0 Å². The summed E-state index contributed by atoms with van der Waals surface area (Å²) in [6.45, 7) is 4.54. The monoisotopic (exact) mass is 422 g/mol. The lowest BCUT2D eigenvalue weighted by atomic mass is 10.0. The van der Waals surface area contributed by atoms with E-state index in [1.54, 1.807) is 0 Å². The molecular formula is C29H46N2. The van der Waals surface area contributed by atoms with Crippen molar-refractivity contribution in [2.75, 3.05) is 0 Å². The van der Waals surface area contributed by atoms with Gasteiger partial charge in [0.15, 0.2) is 5.82 Å². The fourth-order valence-corrected chi connectivity index (χ4v) is 4.20. The van der Waals surface area contributed by atoms with E-state index in [0.29, 0.717) is 0 Å². The van der Waals surface area contributed by atoms with Gasteiger partial charge >= 0.3 is 0 Å². The molecule has 0 aliphatic heterocycles. The van der Waals surface area contributed by atoms with E-state index >= 15 is 0 Å². The van der Waals surface area contributed by atoms with Crippen molar-refractivity contribution >= 4 is 0 Å². The van der Waals surface area contributed by atoms with Crippen LogP contribution in [0.15, 0.2) is 36.7 Å². The van der Waals surface area contributed by atoms with Crippen molar-refractivity contribution < 1.29 is 0 Å². The Kier molecular flexibility index (Phi) is 14.0. The van der Waals surface area contributed by atoms with Crippen LogP contribution in [-0.4, -0.2) is 9.97 Å². The zero-order chi connectivity index (χ0) is 22.0. The minimum atomic E-state index is 0.846. The molecule has 0 amide bonds. The maximum atomic E-state index is 4.60. The molecule has 2 aromatic rings. The predicted octanol–water partition coefficient (Wildman–Crippen LogP) is 9.12. The van der Waals surface area contributed by atoms with Crippen molar-refractivity contribution in [3.63, 3.8) is 0 Å². The summed E-state index contributed by atoms with van der Waals surface area (Å²) in [5.41, 5.74) is 3.82. The zero-order valence-electron chi connectivity index (χ0n) is 20.4. The molecule has 0 bridgehead atoms. The highest BCUT2D eigenvalue weighted by atomic mass is 14.9. The maximum Gasteiger partial charge on any atom is 0.159 e. The Hall–Kier alpha value is -1.70. The fraction of sp³-hybridized carbons (Fsp3) is 0.655. The minimum Gasteiger partial charge on any atom is -0.236 e. The van der Waals surface area contributed by atoms with Crippen molar-refractivity contribution in [1.82, 2.24) is 9.97 Å². The Morgan fingerprint density at radius 3 is 1.42 bits per heavy atom. The second kappa shape index (κ2) is 16.9. The van der Waals surface area contributed by atoms with Crippen LogP contribution in [0.4, 0.5) is 0 Å². The van der Waals surface area contributed by atoms with Crippen molar-refractivity contribution in [3.05, 3.63) is 47.8 Å². The molecule has 0 saturated carbocycles. The number of nitrogens with zero attached hydrogens (tertiary/aromatic N) is 2. The van der Waals surface area contributed by atoms with E-state index in [0.717, 1.165) is 17.8 Å². The molecule has 0 spiro atoms. The fourth-order valence-electron chi connectivity index (χ4n) is 4.20. The second-order valence-corrected chi connectivity index (χ2v) is 9.21. The molecular weight excluding hydrogens is 376 g/mol. The first-order chi connectivity index (χ1) is 15.3. The summed E-state index contributed by atoms with van der Waals surface area (Å²) in [7, 11) is 0. The Bertz CT molecular complexity index is 660. The summed E-state index contributed by atoms with van der Waals surface area (Å²) in [6.07, 6.45) is 26.9. The molecule has 1 aromatic heterocycles. The summed E-state index contributed by atoms with van der Waals surface area (Å²) < 4.78 is 0. The normalized spacial score (nSPS) is 11.2. The molecule has 1 heterocycles. The highest BCUT2D eigenvalue weighted by Crippen LogP contribution is 2.18. The number of aromatic nitrogens is 2. The highest BCUT2D eigenvalue weighted by molar-refractivity contribution is 5.55. The van der Waals surface area contributed by atoms with Gasteiger partial charge in [0.25, 0.3) is 0 Å².